The quantitative estimate of drug-likeness (QED) is 0.728. The molecular formula is C10H13N5O2. The molecule has 0 radical (unpaired) electrons. The number of oxazole rings is 1. The first kappa shape index (κ1) is 11.2. The van der Waals surface area contributed by atoms with Crippen molar-refractivity contribution in [1.29, 1.82) is 0 Å². The van der Waals surface area contributed by atoms with Crippen LogP contribution < -0.4 is 11.1 Å². The van der Waals surface area contributed by atoms with Crippen molar-refractivity contribution in [3.63, 3.8) is 0 Å². The Hall–Kier alpha value is -2.31. The summed E-state index contributed by atoms with van der Waals surface area (Å²) in [4.78, 5) is 15.8. The monoisotopic (exact) mass is 235 g/mol. The maximum atomic E-state index is 11.8. The van der Waals surface area contributed by atoms with E-state index in [0.717, 1.165) is 0 Å². The third-order valence-electron chi connectivity index (χ3n) is 2.27. The number of anilines is 1. The zero-order valence-corrected chi connectivity index (χ0v) is 9.52. The van der Waals surface area contributed by atoms with Gasteiger partial charge in [0.25, 0.3) is 5.91 Å². The minimum Gasteiger partial charge on any atom is -0.444 e. The number of nitrogens with two attached hydrogens (primary N) is 1. The zero-order valence-electron chi connectivity index (χ0n) is 9.52. The highest BCUT2D eigenvalue weighted by atomic mass is 16.4. The van der Waals surface area contributed by atoms with Crippen molar-refractivity contribution < 1.29 is 9.21 Å². The molecule has 0 saturated heterocycles. The Balaban J connectivity index is 2.07. The van der Waals surface area contributed by atoms with Crippen LogP contribution in [-0.4, -0.2) is 21.1 Å². The van der Waals surface area contributed by atoms with Gasteiger partial charge in [-0.3, -0.25) is 9.89 Å². The standard InChI is InChI=1S/C10H13N5O2/c1-5-3-12-10(17-5)6(2)14-9(16)7-4-13-15-8(7)11/h3-4,6H,1-2H3,(H,14,16)(H3,11,13,15). The molecule has 7 heteroatoms. The molecule has 1 unspecified atom stereocenters. The van der Waals surface area contributed by atoms with Gasteiger partial charge in [-0.25, -0.2) is 4.98 Å². The van der Waals surface area contributed by atoms with E-state index < -0.39 is 0 Å². The Labute approximate surface area is 97.4 Å². The number of nitrogen functional groups attached to an aromatic ring is 1. The second-order valence-electron chi connectivity index (χ2n) is 3.70. The number of H-pyrrole nitrogens is 1. The summed E-state index contributed by atoms with van der Waals surface area (Å²) in [5.74, 6) is 1.07. The van der Waals surface area contributed by atoms with Crippen LogP contribution in [0.5, 0.6) is 0 Å². The Morgan fingerprint density at radius 1 is 1.59 bits per heavy atom. The number of aryl methyl sites for hydroxylation is 1. The number of rotatable bonds is 3. The summed E-state index contributed by atoms with van der Waals surface area (Å²) in [5, 5.41) is 8.89. The number of amides is 1. The van der Waals surface area contributed by atoms with Gasteiger partial charge in [0, 0.05) is 0 Å². The van der Waals surface area contributed by atoms with Crippen LogP contribution >= 0.6 is 0 Å². The average molecular weight is 235 g/mol. The molecule has 0 aliphatic carbocycles. The molecule has 7 nitrogen and oxygen atoms in total. The summed E-state index contributed by atoms with van der Waals surface area (Å²) in [5.41, 5.74) is 5.85. The fourth-order valence-electron chi connectivity index (χ4n) is 1.39. The van der Waals surface area contributed by atoms with Crippen LogP contribution in [0.25, 0.3) is 0 Å². The molecule has 0 aliphatic rings. The lowest BCUT2D eigenvalue weighted by molar-refractivity contribution is 0.0935. The number of carbonyl (C=O) groups excluding carboxylic acids is 1. The normalized spacial score (nSPS) is 12.4. The molecule has 2 aromatic rings. The van der Waals surface area contributed by atoms with E-state index in [0.29, 0.717) is 17.2 Å². The van der Waals surface area contributed by atoms with E-state index in [9.17, 15) is 4.79 Å². The summed E-state index contributed by atoms with van der Waals surface area (Å²) < 4.78 is 5.31. The van der Waals surface area contributed by atoms with E-state index in [-0.39, 0.29) is 17.8 Å². The molecule has 4 N–H and O–H groups in total. The van der Waals surface area contributed by atoms with Gasteiger partial charge in [-0.1, -0.05) is 0 Å². The maximum Gasteiger partial charge on any atom is 0.257 e. The summed E-state index contributed by atoms with van der Waals surface area (Å²) >= 11 is 0. The van der Waals surface area contributed by atoms with Crippen molar-refractivity contribution in [2.45, 2.75) is 19.9 Å². The molecule has 0 spiro atoms. The summed E-state index contributed by atoms with van der Waals surface area (Å²) in [6, 6.07) is -0.328. The third-order valence-corrected chi connectivity index (χ3v) is 2.27. The second kappa shape index (κ2) is 4.28. The molecule has 90 valence electrons. The first-order chi connectivity index (χ1) is 8.08. The summed E-state index contributed by atoms with van der Waals surface area (Å²) in [7, 11) is 0. The Morgan fingerprint density at radius 2 is 2.35 bits per heavy atom. The van der Waals surface area contributed by atoms with Gasteiger partial charge in [-0.05, 0) is 13.8 Å². The van der Waals surface area contributed by atoms with Gasteiger partial charge >= 0.3 is 0 Å². The van der Waals surface area contributed by atoms with Gasteiger partial charge < -0.3 is 15.5 Å². The van der Waals surface area contributed by atoms with Crippen LogP contribution in [-0.2, 0) is 0 Å². The smallest absolute Gasteiger partial charge is 0.257 e. The fraction of sp³-hybridized carbons (Fsp3) is 0.300. The van der Waals surface area contributed by atoms with E-state index in [4.69, 9.17) is 10.2 Å². The highest BCUT2D eigenvalue weighted by Gasteiger charge is 2.17. The fourth-order valence-corrected chi connectivity index (χ4v) is 1.39. The number of hydrogen-bond donors (Lipinski definition) is 3. The Kier molecular flexibility index (Phi) is 2.82. The van der Waals surface area contributed by atoms with Crippen molar-refractivity contribution >= 4 is 11.7 Å². The molecule has 1 atom stereocenters. The number of nitrogens with zero attached hydrogens (tertiary/aromatic N) is 2. The molecule has 1 amide bonds. The summed E-state index contributed by atoms with van der Waals surface area (Å²) in [6.45, 7) is 3.57. The van der Waals surface area contributed by atoms with Gasteiger partial charge in [-0.15, -0.1) is 0 Å². The number of carbonyl (C=O) groups is 1. The lowest BCUT2D eigenvalue weighted by Crippen LogP contribution is -2.27. The lowest BCUT2D eigenvalue weighted by Gasteiger charge is -2.09. The summed E-state index contributed by atoms with van der Waals surface area (Å²) in [6.07, 6.45) is 2.97. The predicted molar refractivity (Wildman–Crippen MR) is 60.1 cm³/mol. The molecule has 17 heavy (non-hydrogen) atoms. The van der Waals surface area contributed by atoms with Crippen molar-refractivity contribution in [1.82, 2.24) is 20.5 Å². The van der Waals surface area contributed by atoms with Crippen LogP contribution in [0.4, 0.5) is 5.82 Å². The molecule has 0 saturated carbocycles. The van der Waals surface area contributed by atoms with Gasteiger partial charge in [0.05, 0.1) is 12.4 Å². The Bertz CT molecular complexity index is 530. The van der Waals surface area contributed by atoms with Crippen molar-refractivity contribution in [3.8, 4) is 0 Å². The molecule has 0 bridgehead atoms. The van der Waals surface area contributed by atoms with E-state index >= 15 is 0 Å². The van der Waals surface area contributed by atoms with Crippen molar-refractivity contribution in [2.24, 2.45) is 0 Å². The third kappa shape index (κ3) is 2.27. The largest absolute Gasteiger partial charge is 0.444 e. The van der Waals surface area contributed by atoms with Crippen LogP contribution in [0, 0.1) is 6.92 Å². The molecule has 2 heterocycles. The second-order valence-corrected chi connectivity index (χ2v) is 3.70. The van der Waals surface area contributed by atoms with Crippen LogP contribution in [0.2, 0.25) is 0 Å². The van der Waals surface area contributed by atoms with Gasteiger partial charge in [0.15, 0.2) is 0 Å². The molecule has 0 aromatic carbocycles. The van der Waals surface area contributed by atoms with Gasteiger partial charge in [0.2, 0.25) is 5.89 Å². The minimum atomic E-state index is -0.328. The lowest BCUT2D eigenvalue weighted by atomic mass is 10.2. The first-order valence-corrected chi connectivity index (χ1v) is 5.10. The van der Waals surface area contributed by atoms with E-state index in [1.807, 2.05) is 0 Å². The van der Waals surface area contributed by atoms with Crippen LogP contribution in [0.15, 0.2) is 16.8 Å². The van der Waals surface area contributed by atoms with Crippen molar-refractivity contribution in [2.75, 3.05) is 5.73 Å². The zero-order chi connectivity index (χ0) is 12.4. The molecular weight excluding hydrogens is 222 g/mol. The van der Waals surface area contributed by atoms with Crippen LogP contribution in [0.1, 0.15) is 35.0 Å². The predicted octanol–water partition coefficient (Wildman–Crippen LogP) is 0.779. The van der Waals surface area contributed by atoms with Gasteiger partial charge in [-0.2, -0.15) is 5.10 Å². The average Bonchev–Trinajstić information content (AvgIpc) is 2.86. The van der Waals surface area contributed by atoms with E-state index in [1.54, 1.807) is 20.0 Å². The van der Waals surface area contributed by atoms with Gasteiger partial charge in [0.1, 0.15) is 23.2 Å². The maximum absolute atomic E-state index is 11.8. The highest BCUT2D eigenvalue weighted by molar-refractivity contribution is 5.98. The van der Waals surface area contributed by atoms with Crippen LogP contribution in [0.3, 0.4) is 0 Å². The SMILES string of the molecule is Cc1cnc(C(C)NC(=O)c2cn[nH]c2N)o1. The Morgan fingerprint density at radius 3 is 2.88 bits per heavy atom. The van der Waals surface area contributed by atoms with E-state index in [1.165, 1.54) is 6.20 Å². The first-order valence-electron chi connectivity index (χ1n) is 5.10. The number of aromatic nitrogens is 3. The number of hydrogen-bond acceptors (Lipinski definition) is 5. The minimum absolute atomic E-state index is 0.235. The molecule has 0 aliphatic heterocycles. The molecule has 2 rings (SSSR count). The van der Waals surface area contributed by atoms with E-state index in [2.05, 4.69) is 20.5 Å². The van der Waals surface area contributed by atoms with Crippen molar-refractivity contribution in [3.05, 3.63) is 29.6 Å². The topological polar surface area (TPSA) is 110 Å². The number of nitrogens with one attached hydrogen (secondary N) is 2. The molecule has 0 fully saturated rings. The number of aromatic amines is 1. The highest BCUT2D eigenvalue weighted by Crippen LogP contribution is 2.14. The molecule has 2 aromatic heterocycles.